The van der Waals surface area contributed by atoms with Crippen LogP contribution < -0.4 is 16.0 Å². The predicted octanol–water partition coefficient (Wildman–Crippen LogP) is 1.66. The van der Waals surface area contributed by atoms with Gasteiger partial charge in [-0.1, -0.05) is 17.7 Å². The molecule has 2 heterocycles. The lowest BCUT2D eigenvalue weighted by atomic mass is 10.2. The Kier molecular flexibility index (Phi) is 5.93. The highest BCUT2D eigenvalue weighted by atomic mass is 16.2. The number of carbonyl (C=O) groups excluding carboxylic acids is 1. The number of rotatable bonds is 8. The second-order valence-corrected chi connectivity index (χ2v) is 6.08. The number of benzene rings is 1. The molecular formula is C18H22N8O. The quantitative estimate of drug-likeness (QED) is 0.520. The predicted molar refractivity (Wildman–Crippen MR) is 103 cm³/mol. The molecule has 3 aromatic rings. The first-order valence-electron chi connectivity index (χ1n) is 8.61. The molecule has 0 aliphatic rings. The van der Waals surface area contributed by atoms with Gasteiger partial charge in [0.2, 0.25) is 11.9 Å². The van der Waals surface area contributed by atoms with Crippen LogP contribution in [-0.2, 0) is 11.3 Å². The number of nitrogens with zero attached hydrogens (tertiary/aromatic N) is 5. The highest BCUT2D eigenvalue weighted by Gasteiger charge is 2.05. The third kappa shape index (κ3) is 5.77. The summed E-state index contributed by atoms with van der Waals surface area (Å²) in [5.74, 6) is 1.09. The van der Waals surface area contributed by atoms with Gasteiger partial charge in [0.15, 0.2) is 0 Å². The van der Waals surface area contributed by atoms with Gasteiger partial charge in [-0.05, 0) is 26.0 Å². The lowest BCUT2D eigenvalue weighted by Crippen LogP contribution is -2.32. The molecule has 27 heavy (non-hydrogen) atoms. The number of hydrogen-bond acceptors (Lipinski definition) is 7. The van der Waals surface area contributed by atoms with Crippen molar-refractivity contribution in [1.29, 1.82) is 0 Å². The number of hydrogen-bond donors (Lipinski definition) is 3. The van der Waals surface area contributed by atoms with Gasteiger partial charge in [-0.25, -0.2) is 14.6 Å². The molecule has 3 N–H and O–H groups in total. The van der Waals surface area contributed by atoms with Gasteiger partial charge in [-0.15, -0.1) is 0 Å². The molecule has 1 amide bonds. The topological polar surface area (TPSA) is 110 Å². The molecule has 0 unspecified atom stereocenters. The number of amides is 1. The fraction of sp³-hybridized carbons (Fsp3) is 0.278. The van der Waals surface area contributed by atoms with Gasteiger partial charge in [-0.2, -0.15) is 10.1 Å². The van der Waals surface area contributed by atoms with E-state index >= 15 is 0 Å². The molecule has 0 fully saturated rings. The van der Waals surface area contributed by atoms with Gasteiger partial charge in [0.1, 0.15) is 25.0 Å². The van der Waals surface area contributed by atoms with Crippen LogP contribution in [0.25, 0.3) is 0 Å². The van der Waals surface area contributed by atoms with E-state index < -0.39 is 0 Å². The maximum atomic E-state index is 11.8. The Bertz CT molecular complexity index is 877. The number of anilines is 3. The summed E-state index contributed by atoms with van der Waals surface area (Å²) in [4.78, 5) is 24.4. The van der Waals surface area contributed by atoms with E-state index in [1.165, 1.54) is 22.9 Å². The summed E-state index contributed by atoms with van der Waals surface area (Å²) in [5, 5.41) is 13.1. The van der Waals surface area contributed by atoms with E-state index in [0.29, 0.717) is 24.9 Å². The molecule has 0 aliphatic heterocycles. The number of nitrogens with one attached hydrogen (secondary N) is 3. The number of carbonyl (C=O) groups is 1. The maximum Gasteiger partial charge on any atom is 0.241 e. The van der Waals surface area contributed by atoms with E-state index in [1.54, 1.807) is 0 Å². The second kappa shape index (κ2) is 8.75. The van der Waals surface area contributed by atoms with Crippen LogP contribution in [0.2, 0.25) is 0 Å². The summed E-state index contributed by atoms with van der Waals surface area (Å²) in [6, 6.07) is 9.97. The Morgan fingerprint density at radius 1 is 1.11 bits per heavy atom. The molecule has 9 nitrogen and oxygen atoms in total. The van der Waals surface area contributed by atoms with E-state index in [4.69, 9.17) is 0 Å². The van der Waals surface area contributed by atoms with Crippen LogP contribution in [0.4, 0.5) is 17.5 Å². The van der Waals surface area contributed by atoms with E-state index in [0.717, 1.165) is 11.4 Å². The molecule has 0 radical (unpaired) electrons. The monoisotopic (exact) mass is 366 g/mol. The summed E-state index contributed by atoms with van der Waals surface area (Å²) < 4.78 is 1.47. The summed E-state index contributed by atoms with van der Waals surface area (Å²) in [5.41, 5.74) is 3.01. The molecule has 1 aromatic carbocycles. The van der Waals surface area contributed by atoms with Crippen molar-refractivity contribution in [2.75, 3.05) is 23.7 Å². The van der Waals surface area contributed by atoms with Crippen molar-refractivity contribution in [3.8, 4) is 0 Å². The molecule has 0 saturated carbocycles. The first-order valence-corrected chi connectivity index (χ1v) is 8.61. The van der Waals surface area contributed by atoms with Crippen molar-refractivity contribution >= 4 is 23.4 Å². The summed E-state index contributed by atoms with van der Waals surface area (Å²) in [6.45, 7) is 5.06. The molecule has 0 saturated heterocycles. The third-order valence-electron chi connectivity index (χ3n) is 3.68. The second-order valence-electron chi connectivity index (χ2n) is 6.08. The van der Waals surface area contributed by atoms with E-state index in [9.17, 15) is 4.79 Å². The molecular weight excluding hydrogens is 344 g/mol. The Morgan fingerprint density at radius 3 is 2.67 bits per heavy atom. The zero-order chi connectivity index (χ0) is 19.1. The van der Waals surface area contributed by atoms with E-state index in [1.807, 2.05) is 44.2 Å². The van der Waals surface area contributed by atoms with Crippen LogP contribution in [0.15, 0.2) is 43.0 Å². The third-order valence-corrected chi connectivity index (χ3v) is 3.68. The lowest BCUT2D eigenvalue weighted by molar-refractivity contribution is -0.121. The summed E-state index contributed by atoms with van der Waals surface area (Å²) in [6.07, 6.45) is 2.90. The van der Waals surface area contributed by atoms with Gasteiger partial charge >= 0.3 is 0 Å². The van der Waals surface area contributed by atoms with Crippen molar-refractivity contribution in [3.05, 3.63) is 54.2 Å². The van der Waals surface area contributed by atoms with Gasteiger partial charge in [0.05, 0.1) is 0 Å². The Morgan fingerprint density at radius 2 is 1.93 bits per heavy atom. The molecule has 140 valence electrons. The van der Waals surface area contributed by atoms with Crippen LogP contribution in [0, 0.1) is 13.8 Å². The van der Waals surface area contributed by atoms with Crippen molar-refractivity contribution in [3.63, 3.8) is 0 Å². The number of aromatic nitrogens is 5. The Labute approximate surface area is 157 Å². The zero-order valence-electron chi connectivity index (χ0n) is 15.3. The molecule has 0 aliphatic carbocycles. The minimum atomic E-state index is -0.130. The highest BCUT2D eigenvalue weighted by molar-refractivity contribution is 5.75. The zero-order valence-corrected chi connectivity index (χ0v) is 15.3. The summed E-state index contributed by atoms with van der Waals surface area (Å²) >= 11 is 0. The normalized spacial score (nSPS) is 10.4. The van der Waals surface area contributed by atoms with Crippen molar-refractivity contribution in [2.45, 2.75) is 20.4 Å². The molecule has 0 atom stereocenters. The fourth-order valence-electron chi connectivity index (χ4n) is 2.39. The van der Waals surface area contributed by atoms with Crippen LogP contribution in [0.1, 0.15) is 11.3 Å². The van der Waals surface area contributed by atoms with Gasteiger partial charge < -0.3 is 16.0 Å². The van der Waals surface area contributed by atoms with Crippen LogP contribution >= 0.6 is 0 Å². The van der Waals surface area contributed by atoms with Gasteiger partial charge in [-0.3, -0.25) is 4.79 Å². The molecule has 9 heteroatoms. The Balaban J connectivity index is 1.49. The van der Waals surface area contributed by atoms with Crippen molar-refractivity contribution in [2.24, 2.45) is 0 Å². The molecule has 0 spiro atoms. The van der Waals surface area contributed by atoms with E-state index in [2.05, 4.69) is 36.0 Å². The largest absolute Gasteiger partial charge is 0.353 e. The maximum absolute atomic E-state index is 11.8. The standard InChI is InChI=1S/C18H22N8O/c1-13-3-5-15(6-4-13)24-16-9-14(2)23-18(25-16)21-8-7-20-17(27)10-26-12-19-11-22-26/h3-6,9,11-12H,7-8,10H2,1-2H3,(H,20,27)(H2,21,23,24,25). The van der Waals surface area contributed by atoms with Gasteiger partial charge in [0, 0.05) is 30.5 Å². The Hall–Kier alpha value is -3.49. The van der Waals surface area contributed by atoms with Crippen molar-refractivity contribution < 1.29 is 4.79 Å². The first kappa shape index (κ1) is 18.3. The molecule has 3 rings (SSSR count). The van der Waals surface area contributed by atoms with Crippen molar-refractivity contribution in [1.82, 2.24) is 30.0 Å². The fourth-order valence-corrected chi connectivity index (χ4v) is 2.39. The number of aryl methyl sites for hydroxylation is 2. The smallest absolute Gasteiger partial charge is 0.241 e. The van der Waals surface area contributed by atoms with Gasteiger partial charge in [0.25, 0.3) is 0 Å². The first-order chi connectivity index (χ1) is 13.1. The molecule has 0 bridgehead atoms. The minimum absolute atomic E-state index is 0.130. The van der Waals surface area contributed by atoms with E-state index in [-0.39, 0.29) is 12.5 Å². The minimum Gasteiger partial charge on any atom is -0.353 e. The van der Waals surface area contributed by atoms with Crippen LogP contribution in [0.5, 0.6) is 0 Å². The summed E-state index contributed by atoms with van der Waals surface area (Å²) in [7, 11) is 0. The average Bonchev–Trinajstić information content (AvgIpc) is 3.13. The molecule has 2 aromatic heterocycles. The average molecular weight is 366 g/mol. The van der Waals surface area contributed by atoms with Crippen LogP contribution in [0.3, 0.4) is 0 Å². The highest BCUT2D eigenvalue weighted by Crippen LogP contribution is 2.17. The van der Waals surface area contributed by atoms with Crippen LogP contribution in [-0.4, -0.2) is 43.7 Å². The SMILES string of the molecule is Cc1ccc(Nc2cc(C)nc(NCCNC(=O)Cn3cncn3)n2)cc1. The lowest BCUT2D eigenvalue weighted by Gasteiger charge is -2.11.